The Balaban J connectivity index is 1.56. The van der Waals surface area contributed by atoms with Crippen molar-refractivity contribution in [3.8, 4) is 5.75 Å². The largest absolute Gasteiger partial charge is 0.490 e. The average Bonchev–Trinajstić information content (AvgIpc) is 3.09. The van der Waals surface area contributed by atoms with Crippen molar-refractivity contribution < 1.29 is 9.53 Å². The first-order valence-electron chi connectivity index (χ1n) is 11.4. The third-order valence-electron chi connectivity index (χ3n) is 6.19. The van der Waals surface area contributed by atoms with Crippen LogP contribution in [0, 0.1) is 0 Å². The lowest BCUT2D eigenvalue weighted by molar-refractivity contribution is -0.124. The lowest BCUT2D eigenvalue weighted by Crippen LogP contribution is -2.41. The normalized spacial score (nSPS) is 24.0. The molecule has 0 spiro atoms. The number of ether oxygens (including phenoxy) is 1. The van der Waals surface area contributed by atoms with E-state index >= 15 is 0 Å². The lowest BCUT2D eigenvalue weighted by Gasteiger charge is -2.31. The molecule has 1 saturated heterocycles. The van der Waals surface area contributed by atoms with Gasteiger partial charge in [0.2, 0.25) is 0 Å². The van der Waals surface area contributed by atoms with E-state index in [1.165, 1.54) is 38.5 Å². The van der Waals surface area contributed by atoms with E-state index in [1.54, 1.807) is 17.8 Å². The zero-order valence-electron chi connectivity index (χ0n) is 17.7. The molecular weight excluding hydrogens is 392 g/mol. The molecule has 4 nitrogen and oxygen atoms in total. The molecule has 1 aliphatic heterocycles. The number of amides is 1. The molecule has 1 heterocycles. The molecule has 0 unspecified atom stereocenters. The maximum Gasteiger partial charge on any atom is 0.266 e. The zero-order chi connectivity index (χ0) is 20.8. The Morgan fingerprint density at radius 3 is 2.37 bits per heavy atom. The Morgan fingerprint density at radius 1 is 1.03 bits per heavy atom. The molecule has 3 aliphatic rings. The van der Waals surface area contributed by atoms with E-state index in [0.717, 1.165) is 47.1 Å². The summed E-state index contributed by atoms with van der Waals surface area (Å²) in [5, 5.41) is 0.941. The summed E-state index contributed by atoms with van der Waals surface area (Å²) in [6.07, 6.45) is 15.8. The molecule has 1 aromatic carbocycles. The van der Waals surface area contributed by atoms with Crippen molar-refractivity contribution in [2.45, 2.75) is 76.3 Å². The SMILES string of the molecule is C=CCOc1ccc(C=C2SC(=NC3CCCCC3)N(C3CCCCC3)C2=O)cc1. The quantitative estimate of drug-likeness (QED) is 0.404. The van der Waals surface area contributed by atoms with Gasteiger partial charge in [0.15, 0.2) is 5.17 Å². The van der Waals surface area contributed by atoms with E-state index in [2.05, 4.69) is 6.58 Å². The van der Waals surface area contributed by atoms with E-state index in [4.69, 9.17) is 9.73 Å². The standard InChI is InChI=1S/C25H32N2O2S/c1-2-17-29-22-15-13-19(14-16-22)18-23-24(28)27(21-11-7-4-8-12-21)25(30-23)26-20-9-5-3-6-10-20/h2,13-16,18,20-21H,1,3-12,17H2. The van der Waals surface area contributed by atoms with Gasteiger partial charge in [-0.2, -0.15) is 0 Å². The van der Waals surface area contributed by atoms with Crippen LogP contribution in [0.15, 0.2) is 46.8 Å². The minimum absolute atomic E-state index is 0.133. The van der Waals surface area contributed by atoms with Crippen LogP contribution < -0.4 is 4.74 Å². The first-order valence-corrected chi connectivity index (χ1v) is 12.2. The van der Waals surface area contributed by atoms with Gasteiger partial charge in [0, 0.05) is 6.04 Å². The summed E-state index contributed by atoms with van der Waals surface area (Å²) in [5.41, 5.74) is 1.01. The number of carbonyl (C=O) groups excluding carboxylic acids is 1. The van der Waals surface area contributed by atoms with Gasteiger partial charge >= 0.3 is 0 Å². The molecule has 0 atom stereocenters. The maximum atomic E-state index is 13.4. The number of aliphatic imine (C=N–C) groups is 1. The van der Waals surface area contributed by atoms with Crippen molar-refractivity contribution in [2.75, 3.05) is 6.61 Å². The monoisotopic (exact) mass is 424 g/mol. The molecule has 3 fully saturated rings. The smallest absolute Gasteiger partial charge is 0.266 e. The van der Waals surface area contributed by atoms with E-state index < -0.39 is 0 Å². The highest BCUT2D eigenvalue weighted by atomic mass is 32.2. The minimum Gasteiger partial charge on any atom is -0.490 e. The predicted octanol–water partition coefficient (Wildman–Crippen LogP) is 6.19. The highest BCUT2D eigenvalue weighted by molar-refractivity contribution is 8.18. The van der Waals surface area contributed by atoms with E-state index in [9.17, 15) is 4.79 Å². The molecule has 160 valence electrons. The molecule has 0 radical (unpaired) electrons. The molecule has 0 N–H and O–H groups in total. The Morgan fingerprint density at radius 2 is 1.70 bits per heavy atom. The zero-order valence-corrected chi connectivity index (χ0v) is 18.5. The van der Waals surface area contributed by atoms with Crippen molar-refractivity contribution in [1.29, 1.82) is 0 Å². The molecule has 4 rings (SSSR count). The van der Waals surface area contributed by atoms with Crippen LogP contribution in [-0.2, 0) is 4.79 Å². The number of hydrogen-bond acceptors (Lipinski definition) is 4. The van der Waals surface area contributed by atoms with Crippen LogP contribution in [0.5, 0.6) is 5.75 Å². The third kappa shape index (κ3) is 5.18. The highest BCUT2D eigenvalue weighted by Crippen LogP contribution is 2.38. The summed E-state index contributed by atoms with van der Waals surface area (Å²) in [5.74, 6) is 0.944. The molecule has 2 saturated carbocycles. The van der Waals surface area contributed by atoms with Crippen molar-refractivity contribution >= 4 is 28.9 Å². The number of benzene rings is 1. The fraction of sp³-hybridized carbons (Fsp3) is 0.520. The van der Waals surface area contributed by atoms with Crippen LogP contribution >= 0.6 is 11.8 Å². The van der Waals surface area contributed by atoms with Gasteiger partial charge in [0.1, 0.15) is 12.4 Å². The number of carbonyl (C=O) groups is 1. The van der Waals surface area contributed by atoms with E-state index in [1.807, 2.05) is 35.2 Å². The summed E-state index contributed by atoms with van der Waals surface area (Å²) in [6.45, 7) is 4.17. The topological polar surface area (TPSA) is 41.9 Å². The Bertz CT molecular complexity index is 803. The molecule has 1 aromatic rings. The summed E-state index contributed by atoms with van der Waals surface area (Å²) in [4.78, 5) is 21.3. The van der Waals surface area contributed by atoms with E-state index in [-0.39, 0.29) is 5.91 Å². The van der Waals surface area contributed by atoms with Crippen molar-refractivity contribution in [1.82, 2.24) is 4.90 Å². The van der Waals surface area contributed by atoms with Crippen molar-refractivity contribution in [3.05, 3.63) is 47.4 Å². The summed E-state index contributed by atoms with van der Waals surface area (Å²) < 4.78 is 5.56. The number of nitrogens with zero attached hydrogens (tertiary/aromatic N) is 2. The molecule has 2 aliphatic carbocycles. The Labute approximate surface area is 184 Å². The van der Waals surface area contributed by atoms with Crippen LogP contribution in [-0.4, -0.2) is 34.7 Å². The molecule has 5 heteroatoms. The van der Waals surface area contributed by atoms with Crippen LogP contribution in [0.3, 0.4) is 0 Å². The highest BCUT2D eigenvalue weighted by Gasteiger charge is 2.39. The van der Waals surface area contributed by atoms with Crippen LogP contribution in [0.25, 0.3) is 6.08 Å². The van der Waals surface area contributed by atoms with Gasteiger partial charge in [0.25, 0.3) is 5.91 Å². The van der Waals surface area contributed by atoms with Gasteiger partial charge in [-0.25, -0.2) is 0 Å². The maximum absolute atomic E-state index is 13.4. The second kappa shape index (κ2) is 10.3. The summed E-state index contributed by atoms with van der Waals surface area (Å²) in [7, 11) is 0. The van der Waals surface area contributed by atoms with Crippen LogP contribution in [0.2, 0.25) is 0 Å². The third-order valence-corrected chi connectivity index (χ3v) is 7.19. The van der Waals surface area contributed by atoms with Crippen LogP contribution in [0.1, 0.15) is 69.8 Å². The van der Waals surface area contributed by atoms with Gasteiger partial charge in [0.05, 0.1) is 10.9 Å². The summed E-state index contributed by atoms with van der Waals surface area (Å²) >= 11 is 1.57. The first-order chi connectivity index (χ1) is 14.7. The van der Waals surface area contributed by atoms with Gasteiger partial charge < -0.3 is 4.74 Å². The van der Waals surface area contributed by atoms with Gasteiger partial charge in [-0.3, -0.25) is 14.7 Å². The fourth-order valence-electron chi connectivity index (χ4n) is 4.57. The number of hydrogen-bond donors (Lipinski definition) is 0. The molecule has 0 bridgehead atoms. The second-order valence-electron chi connectivity index (χ2n) is 8.45. The number of thioether (sulfide) groups is 1. The fourth-order valence-corrected chi connectivity index (χ4v) is 5.68. The molecule has 0 aromatic heterocycles. The molecule has 30 heavy (non-hydrogen) atoms. The lowest BCUT2D eigenvalue weighted by atomic mass is 9.94. The number of amidine groups is 1. The van der Waals surface area contributed by atoms with Crippen LogP contribution in [0.4, 0.5) is 0 Å². The molecular formula is C25H32N2O2S. The van der Waals surface area contributed by atoms with Crippen molar-refractivity contribution in [3.63, 3.8) is 0 Å². The predicted molar refractivity (Wildman–Crippen MR) is 126 cm³/mol. The first kappa shape index (κ1) is 21.2. The van der Waals surface area contributed by atoms with Gasteiger partial charge in [-0.05, 0) is 61.2 Å². The summed E-state index contributed by atoms with van der Waals surface area (Å²) in [6, 6.07) is 8.56. The number of rotatable bonds is 6. The molecule has 1 amide bonds. The van der Waals surface area contributed by atoms with Gasteiger partial charge in [-0.1, -0.05) is 63.3 Å². The second-order valence-corrected chi connectivity index (χ2v) is 9.46. The average molecular weight is 425 g/mol. The Kier molecular flexibility index (Phi) is 7.32. The Hall–Kier alpha value is -2.01. The van der Waals surface area contributed by atoms with Gasteiger partial charge in [-0.15, -0.1) is 0 Å². The minimum atomic E-state index is 0.133. The van der Waals surface area contributed by atoms with E-state index in [0.29, 0.717) is 18.7 Å². The van der Waals surface area contributed by atoms with Crippen molar-refractivity contribution in [2.24, 2.45) is 4.99 Å².